The van der Waals surface area contributed by atoms with Gasteiger partial charge in [0, 0.05) is 12.8 Å². The van der Waals surface area contributed by atoms with E-state index in [2.05, 4.69) is 6.58 Å². The molecule has 0 aliphatic heterocycles. The Labute approximate surface area is 60.9 Å². The Balaban J connectivity index is 4.09. The van der Waals surface area contributed by atoms with Gasteiger partial charge in [-0.1, -0.05) is 20.4 Å². The van der Waals surface area contributed by atoms with Crippen LogP contribution >= 0.6 is 0 Å². The van der Waals surface area contributed by atoms with Crippen molar-refractivity contribution >= 4 is 11.6 Å². The molecule has 0 amide bonds. The van der Waals surface area contributed by atoms with E-state index in [1.54, 1.807) is 13.8 Å². The van der Waals surface area contributed by atoms with E-state index in [9.17, 15) is 9.59 Å². The van der Waals surface area contributed by atoms with Crippen LogP contribution in [0.15, 0.2) is 12.2 Å². The van der Waals surface area contributed by atoms with Crippen molar-refractivity contribution in [2.75, 3.05) is 0 Å². The van der Waals surface area contributed by atoms with E-state index in [4.69, 9.17) is 0 Å². The molecule has 0 saturated carbocycles. The zero-order valence-electron chi connectivity index (χ0n) is 6.44. The van der Waals surface area contributed by atoms with Gasteiger partial charge in [-0.3, -0.25) is 9.59 Å². The van der Waals surface area contributed by atoms with Crippen LogP contribution in [-0.2, 0) is 9.59 Å². The number of rotatable bonds is 4. The van der Waals surface area contributed by atoms with Crippen molar-refractivity contribution in [1.29, 1.82) is 0 Å². The molecule has 0 fully saturated rings. The van der Waals surface area contributed by atoms with E-state index in [0.29, 0.717) is 12.8 Å². The number of carbonyl (C=O) groups excluding carboxylic acids is 2. The van der Waals surface area contributed by atoms with Gasteiger partial charge in [-0.05, 0) is 0 Å². The van der Waals surface area contributed by atoms with Gasteiger partial charge in [0.15, 0.2) is 11.6 Å². The molecule has 0 saturated heterocycles. The average Bonchev–Trinajstić information content (AvgIpc) is 2.00. The summed E-state index contributed by atoms with van der Waals surface area (Å²) in [6.45, 7) is 6.83. The van der Waals surface area contributed by atoms with E-state index in [-0.39, 0.29) is 17.1 Å². The number of hydrogen-bond acceptors (Lipinski definition) is 2. The van der Waals surface area contributed by atoms with Crippen LogP contribution < -0.4 is 0 Å². The van der Waals surface area contributed by atoms with Crippen LogP contribution in [-0.4, -0.2) is 11.6 Å². The summed E-state index contributed by atoms with van der Waals surface area (Å²) in [5, 5.41) is 0. The number of ketones is 2. The lowest BCUT2D eigenvalue weighted by Gasteiger charge is -1.96. The maximum absolute atomic E-state index is 10.8. The van der Waals surface area contributed by atoms with Crippen LogP contribution in [0.5, 0.6) is 0 Å². The van der Waals surface area contributed by atoms with Gasteiger partial charge in [-0.2, -0.15) is 0 Å². The molecular weight excluding hydrogens is 128 g/mol. The Bertz CT molecular complexity index is 150. The minimum absolute atomic E-state index is 0.144. The molecule has 0 aliphatic carbocycles. The first kappa shape index (κ1) is 9.08. The maximum atomic E-state index is 10.8. The second kappa shape index (κ2) is 3.99. The van der Waals surface area contributed by atoms with Gasteiger partial charge in [-0.25, -0.2) is 0 Å². The normalized spacial score (nSPS) is 9.00. The van der Waals surface area contributed by atoms with Gasteiger partial charge < -0.3 is 0 Å². The van der Waals surface area contributed by atoms with Crippen LogP contribution in [0.4, 0.5) is 0 Å². The summed E-state index contributed by atoms with van der Waals surface area (Å²) in [5.74, 6) is -0.293. The number of carbonyl (C=O) groups is 2. The van der Waals surface area contributed by atoms with Crippen molar-refractivity contribution < 1.29 is 9.59 Å². The Morgan fingerprint density at radius 3 is 1.60 bits per heavy atom. The summed E-state index contributed by atoms with van der Waals surface area (Å²) in [6.07, 6.45) is 0.731. The van der Waals surface area contributed by atoms with Crippen molar-refractivity contribution in [3.8, 4) is 0 Å². The Hall–Kier alpha value is -0.920. The van der Waals surface area contributed by atoms with Gasteiger partial charge in [0.2, 0.25) is 0 Å². The molecule has 2 nitrogen and oxygen atoms in total. The van der Waals surface area contributed by atoms with Gasteiger partial charge in [0.1, 0.15) is 0 Å². The average molecular weight is 140 g/mol. The molecule has 0 N–H and O–H groups in total. The summed E-state index contributed by atoms with van der Waals surface area (Å²) in [7, 11) is 0. The zero-order valence-corrected chi connectivity index (χ0v) is 6.44. The largest absolute Gasteiger partial charge is 0.294 e. The third-order valence-electron chi connectivity index (χ3n) is 1.32. The van der Waals surface area contributed by atoms with E-state index >= 15 is 0 Å². The summed E-state index contributed by atoms with van der Waals surface area (Å²) in [4.78, 5) is 21.6. The SMILES string of the molecule is C=C(C(=O)CC)C(=O)CC. The second-order valence-electron chi connectivity index (χ2n) is 2.03. The van der Waals surface area contributed by atoms with E-state index in [1.807, 2.05) is 0 Å². The maximum Gasteiger partial charge on any atom is 0.165 e. The summed E-state index contributed by atoms with van der Waals surface area (Å²) < 4.78 is 0. The highest BCUT2D eigenvalue weighted by Crippen LogP contribution is 2.00. The fourth-order valence-electron chi connectivity index (χ4n) is 0.582. The molecule has 0 aromatic heterocycles. The molecule has 0 aliphatic rings. The molecular formula is C8H12O2. The minimum Gasteiger partial charge on any atom is -0.294 e. The Kier molecular flexibility index (Phi) is 3.62. The molecule has 0 atom stereocenters. The second-order valence-corrected chi connectivity index (χ2v) is 2.03. The van der Waals surface area contributed by atoms with Crippen molar-refractivity contribution in [2.24, 2.45) is 0 Å². The predicted octanol–water partition coefficient (Wildman–Crippen LogP) is 1.50. The minimum atomic E-state index is -0.146. The molecule has 0 rings (SSSR count). The zero-order chi connectivity index (χ0) is 8.15. The molecule has 56 valence electrons. The molecule has 2 heteroatoms. The fourth-order valence-corrected chi connectivity index (χ4v) is 0.582. The Morgan fingerprint density at radius 1 is 1.10 bits per heavy atom. The monoisotopic (exact) mass is 140 g/mol. The summed E-state index contributed by atoms with van der Waals surface area (Å²) in [5.41, 5.74) is 0.144. The van der Waals surface area contributed by atoms with E-state index in [0.717, 1.165) is 0 Å². The van der Waals surface area contributed by atoms with E-state index < -0.39 is 0 Å². The topological polar surface area (TPSA) is 34.1 Å². The lowest BCUT2D eigenvalue weighted by Crippen LogP contribution is -2.09. The van der Waals surface area contributed by atoms with E-state index in [1.165, 1.54) is 0 Å². The number of Topliss-reactive ketones (excluding diaryl/α,β-unsaturated/α-hetero) is 2. The van der Waals surface area contributed by atoms with Crippen molar-refractivity contribution in [2.45, 2.75) is 26.7 Å². The number of allylic oxidation sites excluding steroid dienone is 1. The lowest BCUT2D eigenvalue weighted by atomic mass is 10.1. The molecule has 0 bridgehead atoms. The quantitative estimate of drug-likeness (QED) is 0.337. The van der Waals surface area contributed by atoms with Gasteiger partial charge >= 0.3 is 0 Å². The standard InChI is InChI=1S/C8H12O2/c1-4-7(9)6(3)8(10)5-2/h3-5H2,1-2H3. The molecule has 0 spiro atoms. The first-order chi connectivity index (χ1) is 4.63. The first-order valence-electron chi connectivity index (χ1n) is 3.38. The molecule has 0 heterocycles. The highest BCUT2D eigenvalue weighted by atomic mass is 16.1. The van der Waals surface area contributed by atoms with Gasteiger partial charge in [0.05, 0.1) is 5.57 Å². The first-order valence-corrected chi connectivity index (χ1v) is 3.38. The molecule has 0 aromatic rings. The van der Waals surface area contributed by atoms with Crippen LogP contribution in [0, 0.1) is 0 Å². The third-order valence-corrected chi connectivity index (χ3v) is 1.32. The van der Waals surface area contributed by atoms with Gasteiger partial charge in [-0.15, -0.1) is 0 Å². The van der Waals surface area contributed by atoms with Crippen LogP contribution in [0.25, 0.3) is 0 Å². The van der Waals surface area contributed by atoms with Crippen LogP contribution in [0.1, 0.15) is 26.7 Å². The highest BCUT2D eigenvalue weighted by Gasteiger charge is 2.10. The van der Waals surface area contributed by atoms with Gasteiger partial charge in [0.25, 0.3) is 0 Å². The van der Waals surface area contributed by atoms with Crippen LogP contribution in [0.2, 0.25) is 0 Å². The number of hydrogen-bond donors (Lipinski definition) is 0. The molecule has 0 unspecified atom stereocenters. The Morgan fingerprint density at radius 2 is 1.40 bits per heavy atom. The van der Waals surface area contributed by atoms with Crippen molar-refractivity contribution in [3.05, 3.63) is 12.2 Å². The van der Waals surface area contributed by atoms with Crippen molar-refractivity contribution in [3.63, 3.8) is 0 Å². The third kappa shape index (κ3) is 2.13. The summed E-state index contributed by atoms with van der Waals surface area (Å²) >= 11 is 0. The molecule has 0 radical (unpaired) electrons. The predicted molar refractivity (Wildman–Crippen MR) is 39.7 cm³/mol. The lowest BCUT2D eigenvalue weighted by molar-refractivity contribution is -0.121. The highest BCUT2D eigenvalue weighted by molar-refractivity contribution is 6.19. The van der Waals surface area contributed by atoms with Crippen LogP contribution in [0.3, 0.4) is 0 Å². The van der Waals surface area contributed by atoms with Crippen molar-refractivity contribution in [1.82, 2.24) is 0 Å². The smallest absolute Gasteiger partial charge is 0.165 e. The molecule has 0 aromatic carbocycles. The summed E-state index contributed by atoms with van der Waals surface area (Å²) in [6, 6.07) is 0. The fraction of sp³-hybridized carbons (Fsp3) is 0.500. The molecule has 10 heavy (non-hydrogen) atoms.